The molecular formula is C27H25BrCl2N4O4. The van der Waals surface area contributed by atoms with Crippen LogP contribution in [0.15, 0.2) is 59.1 Å². The Morgan fingerprint density at radius 1 is 1.11 bits per heavy atom. The van der Waals surface area contributed by atoms with Crippen molar-refractivity contribution >= 4 is 68.4 Å². The number of hydrogen-bond acceptors (Lipinski definition) is 4. The van der Waals surface area contributed by atoms with Gasteiger partial charge in [-0.3, -0.25) is 14.5 Å². The van der Waals surface area contributed by atoms with Crippen LogP contribution in [0, 0.1) is 6.92 Å². The van der Waals surface area contributed by atoms with E-state index in [4.69, 9.17) is 27.9 Å². The Labute approximate surface area is 239 Å². The van der Waals surface area contributed by atoms with Crippen LogP contribution in [0.25, 0.3) is 0 Å². The van der Waals surface area contributed by atoms with E-state index in [2.05, 4.69) is 26.6 Å². The van der Waals surface area contributed by atoms with E-state index in [9.17, 15) is 14.4 Å². The number of carbonyl (C=O) groups is 3. The molecule has 0 radical (unpaired) electrons. The van der Waals surface area contributed by atoms with Gasteiger partial charge >= 0.3 is 17.8 Å². The third-order valence-electron chi connectivity index (χ3n) is 6.02. The van der Waals surface area contributed by atoms with Gasteiger partial charge in [0, 0.05) is 42.9 Å². The van der Waals surface area contributed by atoms with E-state index in [1.807, 2.05) is 6.07 Å². The van der Waals surface area contributed by atoms with E-state index < -0.39 is 11.8 Å². The third-order valence-corrected chi connectivity index (χ3v) is 7.50. The number of anilines is 2. The fourth-order valence-electron chi connectivity index (χ4n) is 3.98. The summed E-state index contributed by atoms with van der Waals surface area (Å²) in [6.07, 6.45) is 0.823. The average Bonchev–Trinajstić information content (AvgIpc) is 2.89. The highest BCUT2D eigenvalue weighted by Gasteiger charge is 2.24. The van der Waals surface area contributed by atoms with Crippen LogP contribution in [0.4, 0.5) is 16.2 Å². The molecule has 3 aromatic rings. The second-order valence-electron chi connectivity index (χ2n) is 8.73. The zero-order valence-electron chi connectivity index (χ0n) is 20.7. The fraction of sp³-hybridized carbons (Fsp3) is 0.222. The van der Waals surface area contributed by atoms with Crippen LogP contribution < -0.4 is 20.3 Å². The lowest BCUT2D eigenvalue weighted by Crippen LogP contribution is -2.46. The maximum absolute atomic E-state index is 12.9. The third kappa shape index (κ3) is 6.40. The normalized spacial score (nSPS) is 13.1. The number of nitrogens with zero attached hydrogens (tertiary/aromatic N) is 2. The van der Waals surface area contributed by atoms with Gasteiger partial charge in [-0.25, -0.2) is 4.79 Å². The molecule has 0 spiro atoms. The molecule has 38 heavy (non-hydrogen) atoms. The Hall–Kier alpha value is -3.27. The average molecular weight is 620 g/mol. The van der Waals surface area contributed by atoms with Gasteiger partial charge in [-0.2, -0.15) is 0 Å². The van der Waals surface area contributed by atoms with Gasteiger partial charge in [0.2, 0.25) is 0 Å². The predicted molar refractivity (Wildman–Crippen MR) is 152 cm³/mol. The molecule has 0 aliphatic carbocycles. The summed E-state index contributed by atoms with van der Waals surface area (Å²) >= 11 is 15.5. The summed E-state index contributed by atoms with van der Waals surface area (Å²) in [6.45, 7) is 3.21. The Kier molecular flexibility index (Phi) is 8.81. The highest BCUT2D eigenvalue weighted by molar-refractivity contribution is 9.10. The summed E-state index contributed by atoms with van der Waals surface area (Å²) in [5, 5.41) is 6.33. The van der Waals surface area contributed by atoms with Crippen molar-refractivity contribution in [3.63, 3.8) is 0 Å². The number of carbonyl (C=O) groups excluding carboxylic acids is 3. The van der Waals surface area contributed by atoms with Crippen LogP contribution in [0.5, 0.6) is 11.5 Å². The van der Waals surface area contributed by atoms with Gasteiger partial charge in [-0.05, 0) is 60.9 Å². The molecule has 198 valence electrons. The van der Waals surface area contributed by atoms with Crippen molar-refractivity contribution < 1.29 is 19.1 Å². The minimum atomic E-state index is -0.772. The molecule has 1 fully saturated rings. The molecule has 0 aromatic heterocycles. The van der Waals surface area contributed by atoms with E-state index in [1.165, 1.54) is 4.90 Å². The van der Waals surface area contributed by atoms with Crippen LogP contribution in [0.2, 0.25) is 10.0 Å². The number of amides is 4. The van der Waals surface area contributed by atoms with Gasteiger partial charge in [-0.15, -0.1) is 0 Å². The number of benzene rings is 3. The van der Waals surface area contributed by atoms with E-state index in [0.717, 1.165) is 12.0 Å². The van der Waals surface area contributed by atoms with Crippen molar-refractivity contribution in [3.8, 4) is 11.5 Å². The molecular weight excluding hydrogens is 595 g/mol. The van der Waals surface area contributed by atoms with Gasteiger partial charge in [0.15, 0.2) is 0 Å². The molecule has 1 heterocycles. The summed E-state index contributed by atoms with van der Waals surface area (Å²) < 4.78 is 6.54. The van der Waals surface area contributed by atoms with Crippen molar-refractivity contribution in [2.75, 3.05) is 30.4 Å². The van der Waals surface area contributed by atoms with Crippen LogP contribution in [-0.2, 0) is 16.1 Å². The van der Waals surface area contributed by atoms with Crippen molar-refractivity contribution in [2.45, 2.75) is 19.9 Å². The quantitative estimate of drug-likeness (QED) is 0.314. The predicted octanol–water partition coefficient (Wildman–Crippen LogP) is 6.37. The molecule has 4 amide bonds. The minimum Gasteiger partial charge on any atom is -0.457 e. The van der Waals surface area contributed by atoms with E-state index in [1.54, 1.807) is 67.4 Å². The zero-order valence-corrected chi connectivity index (χ0v) is 23.8. The fourth-order valence-corrected chi connectivity index (χ4v) is 4.75. The number of rotatable bonds is 6. The van der Waals surface area contributed by atoms with Crippen LogP contribution >= 0.6 is 39.1 Å². The molecule has 1 aliphatic heterocycles. The van der Waals surface area contributed by atoms with Gasteiger partial charge in [0.25, 0.3) is 0 Å². The van der Waals surface area contributed by atoms with Crippen molar-refractivity contribution in [1.82, 2.24) is 10.2 Å². The lowest BCUT2D eigenvalue weighted by atomic mass is 10.1. The second-order valence-corrected chi connectivity index (χ2v) is 10.4. The molecule has 8 nitrogen and oxygen atoms in total. The largest absolute Gasteiger partial charge is 0.457 e. The van der Waals surface area contributed by atoms with Crippen LogP contribution in [-0.4, -0.2) is 42.9 Å². The van der Waals surface area contributed by atoms with Crippen LogP contribution in [0.3, 0.4) is 0 Å². The molecule has 0 bridgehead atoms. The molecule has 2 N–H and O–H groups in total. The smallest absolute Gasteiger partial charge is 0.321 e. The highest BCUT2D eigenvalue weighted by atomic mass is 79.9. The van der Waals surface area contributed by atoms with E-state index >= 15 is 0 Å². The number of halogens is 3. The maximum Gasteiger partial charge on any atom is 0.321 e. The van der Waals surface area contributed by atoms with E-state index in [0.29, 0.717) is 56.0 Å². The first kappa shape index (κ1) is 27.8. The molecule has 4 rings (SSSR count). The Balaban J connectivity index is 1.40. The molecule has 1 aliphatic rings. The van der Waals surface area contributed by atoms with Crippen LogP contribution in [0.1, 0.15) is 17.5 Å². The van der Waals surface area contributed by atoms with Crippen molar-refractivity contribution in [1.29, 1.82) is 0 Å². The Bertz CT molecular complexity index is 1400. The van der Waals surface area contributed by atoms with Gasteiger partial charge in [0.05, 0.1) is 15.7 Å². The monoisotopic (exact) mass is 618 g/mol. The summed E-state index contributed by atoms with van der Waals surface area (Å²) in [4.78, 5) is 40.9. The molecule has 0 unspecified atom stereocenters. The first-order valence-electron chi connectivity index (χ1n) is 11.8. The number of likely N-dealkylation sites (N-methyl/N-ethyl adjacent to an activating group) is 1. The SMILES string of the molecule is Cc1c(NC(=O)C(=O)N(C)Cc2ccc(Oc3ccc(Cl)c(Cl)c3)cc2Br)cccc1N1CCCNC1=O. The van der Waals surface area contributed by atoms with Crippen molar-refractivity contribution in [3.05, 3.63) is 80.2 Å². The van der Waals surface area contributed by atoms with E-state index in [-0.39, 0.29) is 12.6 Å². The molecule has 0 saturated carbocycles. The summed E-state index contributed by atoms with van der Waals surface area (Å²) in [5.74, 6) is -0.383. The summed E-state index contributed by atoms with van der Waals surface area (Å²) in [6, 6.07) is 15.4. The zero-order chi connectivity index (χ0) is 27.4. The molecule has 3 aromatic carbocycles. The topological polar surface area (TPSA) is 91.0 Å². The Morgan fingerprint density at radius 2 is 1.84 bits per heavy atom. The standard InChI is InChI=1S/C27H25BrCl2N4O4/c1-16-23(5-3-6-24(16)34-12-4-11-31-27(34)37)32-25(35)26(36)33(2)15-17-7-8-18(13-20(17)28)38-19-9-10-21(29)22(30)14-19/h3,5-10,13-14H,4,11-12,15H2,1-2H3,(H,31,37)(H,32,35). The molecule has 0 atom stereocenters. The first-order valence-corrected chi connectivity index (χ1v) is 13.3. The number of nitrogens with one attached hydrogen (secondary N) is 2. The minimum absolute atomic E-state index is 0.183. The number of hydrogen-bond donors (Lipinski definition) is 2. The lowest BCUT2D eigenvalue weighted by Gasteiger charge is -2.29. The van der Waals surface area contributed by atoms with Gasteiger partial charge < -0.3 is 20.3 Å². The van der Waals surface area contributed by atoms with Crippen molar-refractivity contribution in [2.24, 2.45) is 0 Å². The first-order chi connectivity index (χ1) is 18.1. The second kappa shape index (κ2) is 12.1. The lowest BCUT2D eigenvalue weighted by molar-refractivity contribution is -0.142. The molecule has 1 saturated heterocycles. The summed E-state index contributed by atoms with van der Waals surface area (Å²) in [7, 11) is 1.55. The Morgan fingerprint density at radius 3 is 2.55 bits per heavy atom. The van der Waals surface area contributed by atoms with Gasteiger partial charge in [-0.1, -0.05) is 51.3 Å². The maximum atomic E-state index is 12.9. The number of ether oxygens (including phenoxy) is 1. The molecule has 11 heteroatoms. The summed E-state index contributed by atoms with van der Waals surface area (Å²) in [5.41, 5.74) is 2.64. The van der Waals surface area contributed by atoms with Gasteiger partial charge in [0.1, 0.15) is 11.5 Å². The highest BCUT2D eigenvalue weighted by Crippen LogP contribution is 2.32. The number of urea groups is 1.